The molecule has 2 aromatic rings. The highest BCUT2D eigenvalue weighted by molar-refractivity contribution is 6.55. The van der Waals surface area contributed by atoms with Gasteiger partial charge in [-0.1, -0.05) is 18.4 Å². The molecule has 0 saturated heterocycles. The summed E-state index contributed by atoms with van der Waals surface area (Å²) in [6, 6.07) is 4.01. The molecule has 0 aliphatic rings. The van der Waals surface area contributed by atoms with Gasteiger partial charge in [0.05, 0.1) is 0 Å². The van der Waals surface area contributed by atoms with Crippen molar-refractivity contribution in [3.63, 3.8) is 0 Å². The van der Waals surface area contributed by atoms with Gasteiger partial charge in [-0.25, -0.2) is 4.98 Å². The molecule has 0 bridgehead atoms. The molecule has 0 fully saturated rings. The molecule has 1 N–H and O–H groups in total. The fourth-order valence-corrected chi connectivity index (χ4v) is 1.22. The lowest BCUT2D eigenvalue weighted by Gasteiger charge is -1.89. The number of H-pyrrole nitrogens is 1. The van der Waals surface area contributed by atoms with E-state index >= 15 is 0 Å². The van der Waals surface area contributed by atoms with E-state index in [4.69, 9.17) is 0 Å². The molecule has 0 aliphatic heterocycles. The topological polar surface area (TPSA) is 28.7 Å². The van der Waals surface area contributed by atoms with Crippen molar-refractivity contribution in [2.75, 3.05) is 0 Å². The van der Waals surface area contributed by atoms with Crippen molar-refractivity contribution in [3.05, 3.63) is 24.5 Å². The van der Waals surface area contributed by atoms with Gasteiger partial charge in [-0.05, 0) is 12.3 Å². The third kappa shape index (κ3) is 0.927. The zero-order chi connectivity index (χ0) is 7.68. The highest BCUT2D eigenvalue weighted by Crippen LogP contribution is 2.04. The predicted molar refractivity (Wildman–Crippen MR) is 47.3 cm³/mol. The van der Waals surface area contributed by atoms with E-state index in [1.54, 1.807) is 6.20 Å². The first-order chi connectivity index (χ1) is 5.42. The van der Waals surface area contributed by atoms with Crippen LogP contribution >= 0.6 is 0 Å². The van der Waals surface area contributed by atoms with Crippen molar-refractivity contribution in [2.45, 2.75) is 6.82 Å². The summed E-state index contributed by atoms with van der Waals surface area (Å²) in [5.74, 6) is 0. The van der Waals surface area contributed by atoms with E-state index < -0.39 is 0 Å². The summed E-state index contributed by atoms with van der Waals surface area (Å²) in [4.78, 5) is 7.27. The van der Waals surface area contributed by atoms with Crippen LogP contribution in [0.1, 0.15) is 0 Å². The monoisotopic (exact) mass is 143 g/mol. The second-order valence-electron chi connectivity index (χ2n) is 2.43. The van der Waals surface area contributed by atoms with Crippen LogP contribution in [0.25, 0.3) is 11.0 Å². The molecule has 3 heteroatoms. The van der Waals surface area contributed by atoms with E-state index in [0.29, 0.717) is 0 Å². The number of nitrogens with zero attached hydrogens (tertiary/aromatic N) is 1. The van der Waals surface area contributed by atoms with E-state index in [-0.39, 0.29) is 0 Å². The van der Waals surface area contributed by atoms with Gasteiger partial charge >= 0.3 is 0 Å². The summed E-state index contributed by atoms with van der Waals surface area (Å²) in [7, 11) is 2.07. The van der Waals surface area contributed by atoms with Gasteiger partial charge in [0.15, 0.2) is 7.28 Å². The maximum absolute atomic E-state index is 4.17. The Morgan fingerprint density at radius 3 is 3.27 bits per heavy atom. The maximum atomic E-state index is 4.17. The first-order valence-electron chi connectivity index (χ1n) is 3.63. The lowest BCUT2D eigenvalue weighted by Crippen LogP contribution is -2.07. The summed E-state index contributed by atoms with van der Waals surface area (Å²) in [6.07, 6.45) is 3.76. The van der Waals surface area contributed by atoms with Gasteiger partial charge in [-0.15, -0.1) is 0 Å². The van der Waals surface area contributed by atoms with E-state index in [0.717, 1.165) is 5.65 Å². The van der Waals surface area contributed by atoms with Crippen molar-refractivity contribution in [3.8, 4) is 0 Å². The summed E-state index contributed by atoms with van der Waals surface area (Å²) in [5, 5.41) is 1.19. The Morgan fingerprint density at radius 1 is 1.55 bits per heavy atom. The summed E-state index contributed by atoms with van der Waals surface area (Å²) < 4.78 is 0. The molecule has 53 valence electrons. The van der Waals surface area contributed by atoms with Gasteiger partial charge in [0.2, 0.25) is 0 Å². The van der Waals surface area contributed by atoms with Crippen molar-refractivity contribution < 1.29 is 0 Å². The standard InChI is InChI=1S/C8H8BN2/c1-9-7-5-11-8-6(7)3-2-4-10-8/h2-5H,1H3,(H,10,11). The molecule has 2 heterocycles. The lowest BCUT2D eigenvalue weighted by atomic mass is 9.73. The van der Waals surface area contributed by atoms with Crippen LogP contribution in [0.3, 0.4) is 0 Å². The minimum absolute atomic E-state index is 0.959. The number of pyridine rings is 1. The Bertz CT molecular complexity index is 367. The summed E-state index contributed by atoms with van der Waals surface area (Å²) in [5.41, 5.74) is 2.17. The maximum Gasteiger partial charge on any atom is 0.151 e. The van der Waals surface area contributed by atoms with E-state index in [2.05, 4.69) is 23.3 Å². The van der Waals surface area contributed by atoms with Crippen LogP contribution < -0.4 is 5.46 Å². The number of hydrogen-bond donors (Lipinski definition) is 1. The second kappa shape index (κ2) is 2.42. The lowest BCUT2D eigenvalue weighted by molar-refractivity contribution is 1.33. The Hall–Kier alpha value is -1.25. The molecule has 2 nitrogen and oxygen atoms in total. The van der Waals surface area contributed by atoms with Crippen LogP contribution in [0.2, 0.25) is 6.82 Å². The van der Waals surface area contributed by atoms with Crippen molar-refractivity contribution >= 4 is 23.8 Å². The minimum atomic E-state index is 0.959. The number of aromatic nitrogens is 2. The van der Waals surface area contributed by atoms with Gasteiger partial charge in [0.25, 0.3) is 0 Å². The van der Waals surface area contributed by atoms with Crippen LogP contribution in [0, 0.1) is 0 Å². The number of fused-ring (bicyclic) bond motifs is 1. The first kappa shape index (κ1) is 6.46. The molecule has 0 aromatic carbocycles. The Labute approximate surface area is 65.9 Å². The highest BCUT2D eigenvalue weighted by atomic mass is 14.8. The first-order valence-corrected chi connectivity index (χ1v) is 3.63. The normalized spacial score (nSPS) is 10.3. The van der Waals surface area contributed by atoms with Gasteiger partial charge in [0, 0.05) is 11.6 Å². The number of aromatic amines is 1. The Morgan fingerprint density at radius 2 is 2.45 bits per heavy atom. The van der Waals surface area contributed by atoms with Crippen molar-refractivity contribution in [2.24, 2.45) is 0 Å². The largest absolute Gasteiger partial charge is 0.347 e. The highest BCUT2D eigenvalue weighted by Gasteiger charge is 1.99. The van der Waals surface area contributed by atoms with Crippen molar-refractivity contribution in [1.82, 2.24) is 9.97 Å². The third-order valence-corrected chi connectivity index (χ3v) is 1.79. The summed E-state index contributed by atoms with van der Waals surface area (Å²) >= 11 is 0. The fourth-order valence-electron chi connectivity index (χ4n) is 1.22. The molecule has 0 spiro atoms. The Kier molecular flexibility index (Phi) is 1.42. The van der Waals surface area contributed by atoms with Crippen LogP contribution in [-0.2, 0) is 0 Å². The van der Waals surface area contributed by atoms with E-state index in [9.17, 15) is 0 Å². The SMILES string of the molecule is C[B]c1c[nH]c2ncccc12. The molecule has 11 heavy (non-hydrogen) atoms. The molecule has 0 unspecified atom stereocenters. The molecule has 2 rings (SSSR count). The molecule has 0 saturated carbocycles. The molecule has 2 aromatic heterocycles. The zero-order valence-electron chi connectivity index (χ0n) is 6.33. The molecular weight excluding hydrogens is 135 g/mol. The zero-order valence-corrected chi connectivity index (χ0v) is 6.33. The van der Waals surface area contributed by atoms with Gasteiger partial charge in [-0.3, -0.25) is 0 Å². The van der Waals surface area contributed by atoms with E-state index in [1.165, 1.54) is 10.8 Å². The van der Waals surface area contributed by atoms with Crippen LogP contribution in [0.4, 0.5) is 0 Å². The number of nitrogens with one attached hydrogen (secondary N) is 1. The van der Waals surface area contributed by atoms with E-state index in [1.807, 2.05) is 19.1 Å². The average Bonchev–Trinajstić information content (AvgIpc) is 2.47. The Balaban J connectivity index is 2.76. The van der Waals surface area contributed by atoms with Crippen LogP contribution in [-0.4, -0.2) is 17.2 Å². The number of hydrogen-bond acceptors (Lipinski definition) is 1. The molecular formula is C8H8BN2. The van der Waals surface area contributed by atoms with Crippen LogP contribution in [0.15, 0.2) is 24.5 Å². The second-order valence-corrected chi connectivity index (χ2v) is 2.43. The molecule has 0 aliphatic carbocycles. The van der Waals surface area contributed by atoms with Gasteiger partial charge in [-0.2, -0.15) is 0 Å². The molecule has 0 amide bonds. The van der Waals surface area contributed by atoms with Crippen molar-refractivity contribution in [1.29, 1.82) is 0 Å². The minimum Gasteiger partial charge on any atom is -0.347 e. The molecule has 1 radical (unpaired) electrons. The van der Waals surface area contributed by atoms with Gasteiger partial charge < -0.3 is 4.98 Å². The quantitative estimate of drug-likeness (QED) is 0.591. The predicted octanol–water partition coefficient (Wildman–Crippen LogP) is 0.940. The molecule has 0 atom stereocenters. The van der Waals surface area contributed by atoms with Gasteiger partial charge in [0.1, 0.15) is 5.65 Å². The third-order valence-electron chi connectivity index (χ3n) is 1.79. The number of rotatable bonds is 1. The van der Waals surface area contributed by atoms with Crippen LogP contribution in [0.5, 0.6) is 0 Å². The average molecular weight is 143 g/mol. The smallest absolute Gasteiger partial charge is 0.151 e. The summed E-state index contributed by atoms with van der Waals surface area (Å²) in [6.45, 7) is 2.02. The fraction of sp³-hybridized carbons (Fsp3) is 0.125.